The quantitative estimate of drug-likeness (QED) is 0.782. The summed E-state index contributed by atoms with van der Waals surface area (Å²) in [5.74, 6) is 0.802. The van der Waals surface area contributed by atoms with Gasteiger partial charge < -0.3 is 16.0 Å². The Morgan fingerprint density at radius 3 is 2.90 bits per heavy atom. The first-order valence-electron chi connectivity index (χ1n) is 8.05. The second-order valence-electron chi connectivity index (χ2n) is 6.36. The molecule has 21 heavy (non-hydrogen) atoms. The fourth-order valence-corrected chi connectivity index (χ4v) is 3.59. The predicted octanol–water partition coefficient (Wildman–Crippen LogP) is 1.38. The molecule has 3 rings (SSSR count). The highest BCUT2D eigenvalue weighted by atomic mass is 16.1. The van der Waals surface area contributed by atoms with E-state index in [4.69, 9.17) is 5.73 Å². The number of hydrogen-bond donors (Lipinski definition) is 3. The maximum absolute atomic E-state index is 11.9. The van der Waals surface area contributed by atoms with E-state index in [9.17, 15) is 4.79 Å². The van der Waals surface area contributed by atoms with Gasteiger partial charge in [-0.1, -0.05) is 19.3 Å². The van der Waals surface area contributed by atoms with Gasteiger partial charge in [0.2, 0.25) is 0 Å². The Hall–Kier alpha value is -1.56. The number of nitrogens with zero attached hydrogens (tertiary/aromatic N) is 2. The highest BCUT2D eigenvalue weighted by Gasteiger charge is 2.29. The predicted molar refractivity (Wildman–Crippen MR) is 81.9 cm³/mol. The maximum Gasteiger partial charge on any atom is 0.269 e. The number of amides is 1. The van der Waals surface area contributed by atoms with Crippen molar-refractivity contribution in [1.29, 1.82) is 0 Å². The summed E-state index contributed by atoms with van der Waals surface area (Å²) in [6.45, 7) is 3.04. The van der Waals surface area contributed by atoms with Crippen molar-refractivity contribution in [3.8, 4) is 0 Å². The van der Waals surface area contributed by atoms with Gasteiger partial charge in [0.15, 0.2) is 0 Å². The van der Waals surface area contributed by atoms with Gasteiger partial charge in [-0.3, -0.25) is 9.89 Å². The van der Waals surface area contributed by atoms with Crippen LogP contribution in [0.15, 0.2) is 6.07 Å². The summed E-state index contributed by atoms with van der Waals surface area (Å²) in [5.41, 5.74) is 5.95. The highest BCUT2D eigenvalue weighted by molar-refractivity contribution is 5.92. The monoisotopic (exact) mass is 291 g/mol. The van der Waals surface area contributed by atoms with Crippen LogP contribution in [0.25, 0.3) is 0 Å². The Kier molecular flexibility index (Phi) is 4.43. The first-order valence-corrected chi connectivity index (χ1v) is 8.05. The molecular formula is C15H25N5O. The molecule has 1 saturated heterocycles. The lowest BCUT2D eigenvalue weighted by atomic mass is 9.94. The third-order valence-corrected chi connectivity index (χ3v) is 4.80. The van der Waals surface area contributed by atoms with Crippen molar-refractivity contribution >= 4 is 11.7 Å². The summed E-state index contributed by atoms with van der Waals surface area (Å²) in [6, 6.07) is 2.35. The zero-order valence-electron chi connectivity index (χ0n) is 12.5. The van der Waals surface area contributed by atoms with E-state index in [0.29, 0.717) is 17.4 Å². The number of rotatable bonds is 4. The highest BCUT2D eigenvalue weighted by Crippen LogP contribution is 2.27. The molecule has 6 heteroatoms. The minimum atomic E-state index is -0.115. The summed E-state index contributed by atoms with van der Waals surface area (Å²) < 4.78 is 0. The van der Waals surface area contributed by atoms with Gasteiger partial charge in [0.1, 0.15) is 11.5 Å². The van der Waals surface area contributed by atoms with Crippen LogP contribution >= 0.6 is 0 Å². The molecule has 1 atom stereocenters. The van der Waals surface area contributed by atoms with Gasteiger partial charge in [-0.15, -0.1) is 0 Å². The van der Waals surface area contributed by atoms with Gasteiger partial charge in [0.05, 0.1) is 0 Å². The number of nitrogen functional groups attached to an aromatic ring is 1. The molecule has 2 fully saturated rings. The molecule has 0 spiro atoms. The smallest absolute Gasteiger partial charge is 0.269 e. The Morgan fingerprint density at radius 2 is 2.19 bits per heavy atom. The van der Waals surface area contributed by atoms with Gasteiger partial charge in [-0.05, 0) is 31.7 Å². The number of anilines is 1. The fourth-order valence-electron chi connectivity index (χ4n) is 3.59. The summed E-state index contributed by atoms with van der Waals surface area (Å²) in [7, 11) is 0. The molecule has 1 amide bonds. The lowest BCUT2D eigenvalue weighted by Crippen LogP contribution is -2.36. The minimum absolute atomic E-state index is 0.115. The molecule has 1 aromatic rings. The molecule has 1 aliphatic carbocycles. The average Bonchev–Trinajstić information content (AvgIpc) is 3.15. The Morgan fingerprint density at radius 1 is 1.38 bits per heavy atom. The number of nitrogens with two attached hydrogens (primary N) is 1. The van der Waals surface area contributed by atoms with E-state index in [2.05, 4.69) is 20.4 Å². The van der Waals surface area contributed by atoms with Crippen molar-refractivity contribution in [2.45, 2.75) is 44.6 Å². The molecule has 1 aliphatic heterocycles. The molecule has 2 aliphatic rings. The maximum atomic E-state index is 11.9. The van der Waals surface area contributed by atoms with E-state index in [-0.39, 0.29) is 5.91 Å². The number of H-pyrrole nitrogens is 1. The number of hydrogen-bond acceptors (Lipinski definition) is 4. The van der Waals surface area contributed by atoms with Gasteiger partial charge in [-0.2, -0.15) is 5.10 Å². The SMILES string of the molecule is Nc1cc(C(=O)NC[C@@H]2CCN(C3CCCCC3)C2)[nH]n1. The van der Waals surface area contributed by atoms with Crippen LogP contribution in [-0.2, 0) is 0 Å². The van der Waals surface area contributed by atoms with Crippen LogP contribution in [0.2, 0.25) is 0 Å². The van der Waals surface area contributed by atoms with Crippen molar-refractivity contribution in [1.82, 2.24) is 20.4 Å². The molecule has 0 radical (unpaired) electrons. The van der Waals surface area contributed by atoms with Crippen molar-refractivity contribution in [2.24, 2.45) is 5.92 Å². The third kappa shape index (κ3) is 3.56. The molecule has 0 unspecified atom stereocenters. The number of carbonyl (C=O) groups excluding carboxylic acids is 1. The fraction of sp³-hybridized carbons (Fsp3) is 0.733. The van der Waals surface area contributed by atoms with E-state index >= 15 is 0 Å². The first kappa shape index (κ1) is 14.4. The van der Waals surface area contributed by atoms with E-state index in [0.717, 1.165) is 19.1 Å². The topological polar surface area (TPSA) is 87.0 Å². The second-order valence-corrected chi connectivity index (χ2v) is 6.36. The van der Waals surface area contributed by atoms with E-state index < -0.39 is 0 Å². The number of aromatic amines is 1. The zero-order chi connectivity index (χ0) is 14.7. The van der Waals surface area contributed by atoms with Crippen LogP contribution in [-0.4, -0.2) is 46.7 Å². The summed E-state index contributed by atoms with van der Waals surface area (Å²) in [5, 5.41) is 9.40. The Bertz CT molecular complexity index is 480. The molecule has 116 valence electrons. The molecule has 0 aromatic carbocycles. The molecule has 6 nitrogen and oxygen atoms in total. The van der Waals surface area contributed by atoms with Crippen molar-refractivity contribution in [3.63, 3.8) is 0 Å². The third-order valence-electron chi connectivity index (χ3n) is 4.80. The lowest BCUT2D eigenvalue weighted by Gasteiger charge is -2.31. The second kappa shape index (κ2) is 6.47. The van der Waals surface area contributed by atoms with Crippen molar-refractivity contribution in [3.05, 3.63) is 11.8 Å². The average molecular weight is 291 g/mol. The number of aromatic nitrogens is 2. The number of nitrogens with one attached hydrogen (secondary N) is 2. The zero-order valence-corrected chi connectivity index (χ0v) is 12.5. The van der Waals surface area contributed by atoms with Crippen LogP contribution in [0, 0.1) is 5.92 Å². The van der Waals surface area contributed by atoms with Crippen molar-refractivity contribution in [2.75, 3.05) is 25.4 Å². The Labute approximate surface area is 125 Å². The largest absolute Gasteiger partial charge is 0.382 e. The molecule has 1 aromatic heterocycles. The van der Waals surface area contributed by atoms with Gasteiger partial charge in [-0.25, -0.2) is 0 Å². The summed E-state index contributed by atoms with van der Waals surface area (Å²) in [6.07, 6.45) is 8.05. The van der Waals surface area contributed by atoms with Crippen LogP contribution < -0.4 is 11.1 Å². The van der Waals surface area contributed by atoms with Crippen LogP contribution in [0.4, 0.5) is 5.82 Å². The molecule has 4 N–H and O–H groups in total. The van der Waals surface area contributed by atoms with Gasteiger partial charge in [0.25, 0.3) is 5.91 Å². The molecular weight excluding hydrogens is 266 g/mol. The Balaban J connectivity index is 1.43. The van der Waals surface area contributed by atoms with E-state index in [1.807, 2.05) is 0 Å². The van der Waals surface area contributed by atoms with E-state index in [1.54, 1.807) is 6.07 Å². The standard InChI is InChI=1S/C15H25N5O/c16-14-8-13(18-19-14)15(21)17-9-11-6-7-20(10-11)12-4-2-1-3-5-12/h8,11-12H,1-7,9-10H2,(H,17,21)(H3,16,18,19)/t11-/m0/s1. The number of likely N-dealkylation sites (tertiary alicyclic amines) is 1. The first-order chi connectivity index (χ1) is 10.2. The molecule has 1 saturated carbocycles. The summed E-state index contributed by atoms with van der Waals surface area (Å²) >= 11 is 0. The van der Waals surface area contributed by atoms with Crippen molar-refractivity contribution < 1.29 is 4.79 Å². The van der Waals surface area contributed by atoms with Gasteiger partial charge in [0, 0.05) is 25.2 Å². The number of carbonyl (C=O) groups is 1. The van der Waals surface area contributed by atoms with Crippen LogP contribution in [0.5, 0.6) is 0 Å². The van der Waals surface area contributed by atoms with Gasteiger partial charge >= 0.3 is 0 Å². The summed E-state index contributed by atoms with van der Waals surface area (Å²) in [4.78, 5) is 14.6. The van der Waals surface area contributed by atoms with Crippen LogP contribution in [0.1, 0.15) is 49.0 Å². The normalized spacial score (nSPS) is 24.3. The minimum Gasteiger partial charge on any atom is -0.382 e. The van der Waals surface area contributed by atoms with Crippen LogP contribution in [0.3, 0.4) is 0 Å². The molecule has 2 heterocycles. The molecule has 0 bridgehead atoms. The lowest BCUT2D eigenvalue weighted by molar-refractivity contribution is 0.0941. The van der Waals surface area contributed by atoms with E-state index in [1.165, 1.54) is 45.1 Å².